The fourth-order valence-corrected chi connectivity index (χ4v) is 3.05. The van der Waals surface area contributed by atoms with Crippen molar-refractivity contribution in [1.82, 2.24) is 9.97 Å². The van der Waals surface area contributed by atoms with E-state index in [2.05, 4.69) is 11.6 Å². The van der Waals surface area contributed by atoms with Gasteiger partial charge in [-0.2, -0.15) is 0 Å². The molecule has 1 saturated heterocycles. The second-order valence-corrected chi connectivity index (χ2v) is 7.09. The monoisotopic (exact) mass is 370 g/mol. The molecule has 0 aliphatic carbocycles. The van der Waals surface area contributed by atoms with Gasteiger partial charge in [-0.25, -0.2) is 4.98 Å². The average molecular weight is 370 g/mol. The zero-order valence-electron chi connectivity index (χ0n) is 15.8. The summed E-state index contributed by atoms with van der Waals surface area (Å²) in [5, 5.41) is 0. The Labute approximate surface area is 164 Å². The highest BCUT2D eigenvalue weighted by molar-refractivity contribution is 6.63. The second kappa shape index (κ2) is 7.05. The molecule has 0 atom stereocenters. The Balaban J connectivity index is 1.74. The summed E-state index contributed by atoms with van der Waals surface area (Å²) in [6.07, 6.45) is 2.54. The van der Waals surface area contributed by atoms with Gasteiger partial charge in [-0.05, 0) is 43.7 Å². The molecule has 5 nitrogen and oxygen atoms in total. The number of benzene rings is 1. The number of carbonyl (C=O) groups is 1. The normalized spacial score (nSPS) is 15.4. The number of nitrogens with zero attached hydrogens (tertiary/aromatic N) is 2. The highest BCUT2D eigenvalue weighted by atomic mass is 16.7. The standard InChI is InChI=1S/C22H19BN2O3/c1-15-22(2,3)28-23(27-15)18-13-16(10-11-17(18)14-26)19-8-6-9-21(25-19)20-7-4-5-12-24-20/h4-14H,1H2,2-3H3. The van der Waals surface area contributed by atoms with Crippen LogP contribution in [0.1, 0.15) is 24.2 Å². The number of carbonyl (C=O) groups excluding carboxylic acids is 1. The van der Waals surface area contributed by atoms with Crippen LogP contribution in [0.2, 0.25) is 0 Å². The molecule has 1 fully saturated rings. The molecular formula is C22H19BN2O3. The Morgan fingerprint density at radius 3 is 2.50 bits per heavy atom. The van der Waals surface area contributed by atoms with Crippen LogP contribution in [-0.2, 0) is 9.31 Å². The maximum Gasteiger partial charge on any atom is 0.564 e. The molecule has 0 spiro atoms. The van der Waals surface area contributed by atoms with Crippen LogP contribution in [0.25, 0.3) is 22.6 Å². The largest absolute Gasteiger partial charge is 0.564 e. The summed E-state index contributed by atoms with van der Waals surface area (Å²) < 4.78 is 11.7. The van der Waals surface area contributed by atoms with Crippen molar-refractivity contribution < 1.29 is 14.1 Å². The minimum Gasteiger partial charge on any atom is -0.534 e. The Morgan fingerprint density at radius 1 is 1.04 bits per heavy atom. The maximum atomic E-state index is 11.6. The summed E-state index contributed by atoms with van der Waals surface area (Å²) >= 11 is 0. The molecule has 0 N–H and O–H groups in total. The van der Waals surface area contributed by atoms with Crippen LogP contribution in [0.4, 0.5) is 0 Å². The molecule has 138 valence electrons. The van der Waals surface area contributed by atoms with E-state index in [1.807, 2.05) is 62.4 Å². The first kappa shape index (κ1) is 18.1. The molecule has 0 saturated carbocycles. The zero-order valence-corrected chi connectivity index (χ0v) is 15.8. The Hall–Kier alpha value is -3.25. The van der Waals surface area contributed by atoms with E-state index in [4.69, 9.17) is 14.3 Å². The zero-order chi connectivity index (χ0) is 19.7. The summed E-state index contributed by atoms with van der Waals surface area (Å²) in [4.78, 5) is 20.6. The van der Waals surface area contributed by atoms with Gasteiger partial charge < -0.3 is 9.31 Å². The molecule has 28 heavy (non-hydrogen) atoms. The predicted octanol–water partition coefficient (Wildman–Crippen LogP) is 3.66. The molecule has 0 amide bonds. The van der Waals surface area contributed by atoms with Gasteiger partial charge in [-0.1, -0.05) is 36.9 Å². The van der Waals surface area contributed by atoms with Crippen LogP contribution in [0, 0.1) is 0 Å². The molecule has 1 aliphatic rings. The third kappa shape index (κ3) is 3.34. The lowest BCUT2D eigenvalue weighted by Gasteiger charge is -2.16. The molecule has 0 radical (unpaired) electrons. The van der Waals surface area contributed by atoms with Gasteiger partial charge in [0.25, 0.3) is 0 Å². The molecule has 0 unspecified atom stereocenters. The van der Waals surface area contributed by atoms with Gasteiger partial charge in [0.2, 0.25) is 0 Å². The van der Waals surface area contributed by atoms with Crippen molar-refractivity contribution in [3.8, 4) is 22.6 Å². The first-order valence-corrected chi connectivity index (χ1v) is 9.00. The lowest BCUT2D eigenvalue weighted by molar-refractivity contribution is 0.112. The van der Waals surface area contributed by atoms with Crippen LogP contribution >= 0.6 is 0 Å². The minimum atomic E-state index is -0.679. The molecule has 3 aromatic rings. The third-order valence-electron chi connectivity index (χ3n) is 4.76. The van der Waals surface area contributed by atoms with Crippen LogP contribution in [0.5, 0.6) is 0 Å². The van der Waals surface area contributed by atoms with Gasteiger partial charge in [0.1, 0.15) is 11.9 Å². The third-order valence-corrected chi connectivity index (χ3v) is 4.76. The van der Waals surface area contributed by atoms with E-state index < -0.39 is 12.7 Å². The summed E-state index contributed by atoms with van der Waals surface area (Å²) in [7, 11) is -0.679. The van der Waals surface area contributed by atoms with Gasteiger partial charge in [0.15, 0.2) is 0 Å². The van der Waals surface area contributed by atoms with Gasteiger partial charge in [-0.3, -0.25) is 9.78 Å². The van der Waals surface area contributed by atoms with Crippen molar-refractivity contribution in [1.29, 1.82) is 0 Å². The van der Waals surface area contributed by atoms with E-state index in [9.17, 15) is 4.79 Å². The van der Waals surface area contributed by atoms with E-state index in [1.165, 1.54) is 0 Å². The van der Waals surface area contributed by atoms with E-state index in [0.717, 1.165) is 28.9 Å². The Morgan fingerprint density at radius 2 is 1.82 bits per heavy atom. The summed E-state index contributed by atoms with van der Waals surface area (Å²) in [5.41, 5.74) is 3.78. The van der Waals surface area contributed by atoms with Crippen molar-refractivity contribution in [3.05, 3.63) is 78.7 Å². The molecule has 4 rings (SSSR count). The van der Waals surface area contributed by atoms with Crippen LogP contribution in [-0.4, -0.2) is 29.0 Å². The van der Waals surface area contributed by atoms with Gasteiger partial charge in [-0.15, -0.1) is 0 Å². The molecular weight excluding hydrogens is 351 g/mol. The lowest BCUT2D eigenvalue weighted by Crippen LogP contribution is -2.37. The first-order chi connectivity index (χ1) is 13.5. The van der Waals surface area contributed by atoms with Gasteiger partial charge >= 0.3 is 7.12 Å². The smallest absolute Gasteiger partial charge is 0.534 e. The summed E-state index contributed by atoms with van der Waals surface area (Å²) in [6, 6.07) is 17.0. The molecule has 1 aliphatic heterocycles. The van der Waals surface area contributed by atoms with Crippen molar-refractivity contribution in [3.63, 3.8) is 0 Å². The van der Waals surface area contributed by atoms with E-state index in [-0.39, 0.29) is 0 Å². The minimum absolute atomic E-state index is 0.514. The van der Waals surface area contributed by atoms with Crippen LogP contribution < -0.4 is 5.46 Å². The van der Waals surface area contributed by atoms with Crippen LogP contribution in [0.15, 0.2) is 73.1 Å². The fourth-order valence-electron chi connectivity index (χ4n) is 3.05. The maximum absolute atomic E-state index is 11.6. The number of hydrogen-bond acceptors (Lipinski definition) is 5. The highest BCUT2D eigenvalue weighted by Crippen LogP contribution is 2.30. The molecule has 0 bridgehead atoms. The topological polar surface area (TPSA) is 61.3 Å². The molecule has 6 heteroatoms. The van der Waals surface area contributed by atoms with Crippen molar-refractivity contribution in [2.45, 2.75) is 19.4 Å². The quantitative estimate of drug-likeness (QED) is 0.518. The van der Waals surface area contributed by atoms with Crippen LogP contribution in [0.3, 0.4) is 0 Å². The van der Waals surface area contributed by atoms with Crippen molar-refractivity contribution in [2.75, 3.05) is 0 Å². The summed E-state index contributed by atoms with van der Waals surface area (Å²) in [6.45, 7) is 7.68. The second-order valence-electron chi connectivity index (χ2n) is 7.09. The SMILES string of the molecule is C=C1OB(c2cc(-c3cccc(-c4ccccn4)n3)ccc2C=O)OC1(C)C. The highest BCUT2D eigenvalue weighted by Gasteiger charge is 2.43. The molecule has 3 heterocycles. The first-order valence-electron chi connectivity index (χ1n) is 9.00. The predicted molar refractivity (Wildman–Crippen MR) is 109 cm³/mol. The average Bonchev–Trinajstić information content (AvgIpc) is 3.00. The van der Waals surface area contributed by atoms with Gasteiger partial charge in [0.05, 0.1) is 22.8 Å². The number of aromatic nitrogens is 2. The number of hydrogen-bond donors (Lipinski definition) is 0. The fraction of sp³-hybridized carbons (Fsp3) is 0.136. The van der Waals surface area contributed by atoms with E-state index >= 15 is 0 Å². The number of rotatable bonds is 4. The van der Waals surface area contributed by atoms with Crippen molar-refractivity contribution in [2.24, 2.45) is 0 Å². The van der Waals surface area contributed by atoms with Gasteiger partial charge in [0, 0.05) is 17.2 Å². The van der Waals surface area contributed by atoms with E-state index in [0.29, 0.717) is 16.8 Å². The molecule has 2 aromatic heterocycles. The molecule has 1 aromatic carbocycles. The Bertz CT molecular complexity index is 1050. The number of aldehydes is 1. The Kier molecular flexibility index (Phi) is 4.57. The van der Waals surface area contributed by atoms with Crippen molar-refractivity contribution >= 4 is 18.9 Å². The van der Waals surface area contributed by atoms with E-state index in [1.54, 1.807) is 12.3 Å². The summed E-state index contributed by atoms with van der Waals surface area (Å²) in [5.74, 6) is 0.537. The number of pyridine rings is 2. The lowest BCUT2D eigenvalue weighted by atomic mass is 9.75.